The van der Waals surface area contributed by atoms with Crippen LogP contribution in [0, 0.1) is 0 Å². The zero-order chi connectivity index (χ0) is 16.6. The van der Waals surface area contributed by atoms with E-state index in [1.165, 1.54) is 0 Å². The number of unbranched alkanes of at least 4 members (excludes halogenated alkanes) is 6. The van der Waals surface area contributed by atoms with Crippen LogP contribution in [0.1, 0.15) is 56.9 Å². The molecule has 0 saturated carbocycles. The second kappa shape index (κ2) is 9.51. The number of nitrogens with two attached hydrogens (primary N) is 1. The minimum absolute atomic E-state index is 0.242. The van der Waals surface area contributed by atoms with Gasteiger partial charge < -0.3 is 5.73 Å². The summed E-state index contributed by atoms with van der Waals surface area (Å²) >= 11 is 11.9. The molecule has 0 bridgehead atoms. The van der Waals surface area contributed by atoms with Crippen molar-refractivity contribution in [3.05, 3.63) is 27.7 Å². The number of rotatable bonds is 9. The summed E-state index contributed by atoms with van der Waals surface area (Å²) in [4.78, 5) is 0. The van der Waals surface area contributed by atoms with Gasteiger partial charge in [0.05, 0.1) is 15.7 Å². The van der Waals surface area contributed by atoms with E-state index >= 15 is 0 Å². The molecule has 0 spiro atoms. The first kappa shape index (κ1) is 19.4. The normalized spacial score (nSPS) is 11.9. The van der Waals surface area contributed by atoms with E-state index in [-0.39, 0.29) is 6.42 Å². The number of aryl methyl sites for hydroxylation is 1. The van der Waals surface area contributed by atoms with Crippen LogP contribution >= 0.6 is 23.2 Å². The maximum atomic E-state index is 11.9. The molecule has 0 aromatic heterocycles. The van der Waals surface area contributed by atoms with E-state index in [0.717, 1.165) is 44.1 Å². The fraction of sp³-hybridized carbons (Fsp3) is 0.625. The first-order valence-corrected chi connectivity index (χ1v) is 8.35. The molecule has 1 aromatic rings. The molecule has 0 atom stereocenters. The Balaban J connectivity index is 2.07. The summed E-state index contributed by atoms with van der Waals surface area (Å²) in [6, 6.07) is 3.67. The standard InChI is InChI=1S/C16H22Cl2F3N/c17-13-10-12(11-14(18)15(13)22)8-6-4-2-1-3-5-7-9-16(19,20)21/h10-11H,1-9,22H2. The maximum absolute atomic E-state index is 11.9. The molecule has 0 unspecified atom stereocenters. The van der Waals surface area contributed by atoms with Gasteiger partial charge in [0.2, 0.25) is 0 Å². The van der Waals surface area contributed by atoms with Gasteiger partial charge in [0.15, 0.2) is 0 Å². The molecule has 0 saturated heterocycles. The van der Waals surface area contributed by atoms with Crippen molar-refractivity contribution in [1.29, 1.82) is 0 Å². The van der Waals surface area contributed by atoms with E-state index in [1.54, 1.807) is 0 Å². The molecule has 0 aliphatic heterocycles. The summed E-state index contributed by atoms with van der Waals surface area (Å²) in [5.74, 6) is 0. The van der Waals surface area contributed by atoms with Crippen LogP contribution in [0.3, 0.4) is 0 Å². The van der Waals surface area contributed by atoms with E-state index < -0.39 is 12.6 Å². The predicted molar refractivity (Wildman–Crippen MR) is 87.6 cm³/mol. The third kappa shape index (κ3) is 8.14. The highest BCUT2D eigenvalue weighted by Crippen LogP contribution is 2.29. The average molecular weight is 356 g/mol. The second-order valence-electron chi connectivity index (χ2n) is 5.56. The van der Waals surface area contributed by atoms with Crippen molar-refractivity contribution in [3.63, 3.8) is 0 Å². The van der Waals surface area contributed by atoms with Crippen molar-refractivity contribution in [3.8, 4) is 0 Å². The number of alkyl halides is 3. The Labute approximate surface area is 140 Å². The molecule has 1 rings (SSSR count). The van der Waals surface area contributed by atoms with Gasteiger partial charge >= 0.3 is 6.18 Å². The minimum atomic E-state index is -4.01. The number of hydrogen-bond acceptors (Lipinski definition) is 1. The lowest BCUT2D eigenvalue weighted by Crippen LogP contribution is -2.06. The molecule has 2 N–H and O–H groups in total. The van der Waals surface area contributed by atoms with Crippen molar-refractivity contribution in [2.75, 3.05) is 5.73 Å². The first-order valence-electron chi connectivity index (χ1n) is 7.60. The molecular formula is C16H22Cl2F3N. The second-order valence-corrected chi connectivity index (χ2v) is 6.38. The molecule has 1 aromatic carbocycles. The SMILES string of the molecule is Nc1c(Cl)cc(CCCCCCCCCC(F)(F)F)cc1Cl. The average Bonchev–Trinajstić information content (AvgIpc) is 2.41. The van der Waals surface area contributed by atoms with Crippen LogP contribution in [0.15, 0.2) is 12.1 Å². The predicted octanol–water partition coefficient (Wildman–Crippen LogP) is 6.80. The summed E-state index contributed by atoms with van der Waals surface area (Å²) in [7, 11) is 0. The molecule has 6 heteroatoms. The molecule has 0 amide bonds. The van der Waals surface area contributed by atoms with Gasteiger partial charge in [-0.2, -0.15) is 13.2 Å². The van der Waals surface area contributed by atoms with Gasteiger partial charge in [0.25, 0.3) is 0 Å². The van der Waals surface area contributed by atoms with Gasteiger partial charge in [-0.3, -0.25) is 0 Å². The summed E-state index contributed by atoms with van der Waals surface area (Å²) < 4.78 is 35.8. The number of anilines is 1. The Bertz CT molecular complexity index is 438. The van der Waals surface area contributed by atoms with E-state index in [2.05, 4.69) is 0 Å². The fourth-order valence-electron chi connectivity index (χ4n) is 2.32. The summed E-state index contributed by atoms with van der Waals surface area (Å²) in [6.07, 6.45) is 2.08. The smallest absolute Gasteiger partial charge is 0.389 e. The Kier molecular flexibility index (Phi) is 8.40. The topological polar surface area (TPSA) is 26.0 Å². The van der Waals surface area contributed by atoms with Crippen molar-refractivity contribution in [1.82, 2.24) is 0 Å². The fourth-order valence-corrected chi connectivity index (χ4v) is 2.85. The largest absolute Gasteiger partial charge is 0.396 e. The quantitative estimate of drug-likeness (QED) is 0.382. The zero-order valence-corrected chi connectivity index (χ0v) is 14.0. The van der Waals surface area contributed by atoms with E-state index in [4.69, 9.17) is 28.9 Å². The van der Waals surface area contributed by atoms with Gasteiger partial charge in [-0.05, 0) is 37.0 Å². The van der Waals surface area contributed by atoms with Crippen LogP contribution < -0.4 is 5.73 Å². The van der Waals surface area contributed by atoms with Crippen LogP contribution in [0.5, 0.6) is 0 Å². The Morgan fingerprint density at radius 1 is 0.818 bits per heavy atom. The lowest BCUT2D eigenvalue weighted by molar-refractivity contribution is -0.135. The van der Waals surface area contributed by atoms with Crippen molar-refractivity contribution >= 4 is 28.9 Å². The molecule has 0 fully saturated rings. The zero-order valence-electron chi connectivity index (χ0n) is 12.5. The Hall–Kier alpha value is -0.610. The molecule has 22 heavy (non-hydrogen) atoms. The van der Waals surface area contributed by atoms with E-state index in [1.807, 2.05) is 12.1 Å². The summed E-state index contributed by atoms with van der Waals surface area (Å²) in [5, 5.41) is 0.958. The molecule has 1 nitrogen and oxygen atoms in total. The monoisotopic (exact) mass is 355 g/mol. The molecule has 0 aliphatic carbocycles. The van der Waals surface area contributed by atoms with Gasteiger partial charge in [0, 0.05) is 6.42 Å². The van der Waals surface area contributed by atoms with Gasteiger partial charge in [-0.1, -0.05) is 55.3 Å². The van der Waals surface area contributed by atoms with Gasteiger partial charge in [-0.25, -0.2) is 0 Å². The minimum Gasteiger partial charge on any atom is -0.396 e. The van der Waals surface area contributed by atoms with E-state index in [9.17, 15) is 13.2 Å². The van der Waals surface area contributed by atoms with Crippen LogP contribution in [-0.2, 0) is 6.42 Å². The summed E-state index contributed by atoms with van der Waals surface area (Å²) in [5.41, 5.74) is 7.15. The third-order valence-corrected chi connectivity index (χ3v) is 4.19. The lowest BCUT2D eigenvalue weighted by atomic mass is 10.0. The van der Waals surface area contributed by atoms with Crippen molar-refractivity contribution in [2.24, 2.45) is 0 Å². The van der Waals surface area contributed by atoms with Crippen molar-refractivity contribution < 1.29 is 13.2 Å². The molecular weight excluding hydrogens is 334 g/mol. The first-order chi connectivity index (χ1) is 10.3. The van der Waals surface area contributed by atoms with Crippen LogP contribution in [0.2, 0.25) is 10.0 Å². The number of benzene rings is 1. The lowest BCUT2D eigenvalue weighted by Gasteiger charge is -2.07. The third-order valence-electron chi connectivity index (χ3n) is 3.56. The Morgan fingerprint density at radius 2 is 1.27 bits per heavy atom. The number of hydrogen-bond donors (Lipinski definition) is 1. The van der Waals surface area contributed by atoms with Crippen molar-refractivity contribution in [2.45, 2.75) is 64.0 Å². The van der Waals surface area contributed by atoms with E-state index in [0.29, 0.717) is 22.2 Å². The number of halogens is 5. The highest BCUT2D eigenvalue weighted by atomic mass is 35.5. The highest BCUT2D eigenvalue weighted by molar-refractivity contribution is 6.38. The molecule has 126 valence electrons. The number of nitrogen functional groups attached to an aromatic ring is 1. The highest BCUT2D eigenvalue weighted by Gasteiger charge is 2.25. The van der Waals surface area contributed by atoms with Gasteiger partial charge in [0.1, 0.15) is 0 Å². The van der Waals surface area contributed by atoms with Crippen LogP contribution in [0.4, 0.5) is 18.9 Å². The van der Waals surface area contributed by atoms with Gasteiger partial charge in [-0.15, -0.1) is 0 Å². The Morgan fingerprint density at radius 3 is 1.77 bits per heavy atom. The van der Waals surface area contributed by atoms with Crippen LogP contribution in [-0.4, -0.2) is 6.18 Å². The molecule has 0 aliphatic rings. The molecule has 0 heterocycles. The molecule has 0 radical (unpaired) electrons. The maximum Gasteiger partial charge on any atom is 0.389 e. The summed E-state index contributed by atoms with van der Waals surface area (Å²) in [6.45, 7) is 0. The van der Waals surface area contributed by atoms with Crippen LogP contribution in [0.25, 0.3) is 0 Å².